The zero-order chi connectivity index (χ0) is 15.3. The van der Waals surface area contributed by atoms with Crippen LogP contribution in [0.2, 0.25) is 0 Å². The van der Waals surface area contributed by atoms with Gasteiger partial charge in [0, 0.05) is 25.3 Å². The first-order valence-electron chi connectivity index (χ1n) is 7.01. The van der Waals surface area contributed by atoms with Crippen molar-refractivity contribution in [1.82, 2.24) is 5.32 Å². The third-order valence-electron chi connectivity index (χ3n) is 3.49. The Bertz CT molecular complexity index is 507. The van der Waals surface area contributed by atoms with Gasteiger partial charge in [0.05, 0.1) is 6.61 Å². The quantitative estimate of drug-likeness (QED) is 0.703. The maximum atomic E-state index is 11.7. The molecule has 114 valence electrons. The molecule has 6 heteroatoms. The number of hydrogen-bond acceptors (Lipinski definition) is 4. The first-order valence-corrected chi connectivity index (χ1v) is 7.01. The first kappa shape index (κ1) is 15.5. The highest BCUT2D eigenvalue weighted by molar-refractivity contribution is 6.39. The number of carbonyl (C=O) groups excluding carboxylic acids is 2. The summed E-state index contributed by atoms with van der Waals surface area (Å²) in [5.74, 6) is -1.52. The Morgan fingerprint density at radius 1 is 1.29 bits per heavy atom. The van der Waals surface area contributed by atoms with E-state index in [2.05, 4.69) is 10.6 Å². The Kier molecular flexibility index (Phi) is 4.93. The molecule has 0 bridgehead atoms. The monoisotopic (exact) mass is 292 g/mol. The zero-order valence-electron chi connectivity index (χ0n) is 12.0. The SMILES string of the molecule is CCc1ccc(NC(=O)C(=O)NC[C@@]2(O)CCOC2)cc1. The first-order chi connectivity index (χ1) is 10.0. The number of aryl methyl sites for hydroxylation is 1. The molecule has 0 spiro atoms. The Labute approximate surface area is 123 Å². The van der Waals surface area contributed by atoms with Crippen LogP contribution in [0.3, 0.4) is 0 Å². The maximum Gasteiger partial charge on any atom is 0.313 e. The molecule has 0 saturated carbocycles. The summed E-state index contributed by atoms with van der Waals surface area (Å²) in [5.41, 5.74) is 0.648. The standard InChI is InChI=1S/C15H20N2O4/c1-2-11-3-5-12(6-4-11)17-14(19)13(18)16-9-15(20)7-8-21-10-15/h3-6,20H,2,7-10H2,1H3,(H,16,18)(H,17,19)/t15-/m0/s1. The number of anilines is 1. The van der Waals surface area contributed by atoms with Crippen molar-refractivity contribution < 1.29 is 19.4 Å². The summed E-state index contributed by atoms with van der Waals surface area (Å²) >= 11 is 0. The molecule has 0 aliphatic carbocycles. The molecule has 1 heterocycles. The van der Waals surface area contributed by atoms with Crippen LogP contribution in [0.25, 0.3) is 0 Å². The molecular weight excluding hydrogens is 272 g/mol. The van der Waals surface area contributed by atoms with Crippen molar-refractivity contribution in [2.75, 3.05) is 25.1 Å². The normalized spacial score (nSPS) is 21.0. The third-order valence-corrected chi connectivity index (χ3v) is 3.49. The van der Waals surface area contributed by atoms with Gasteiger partial charge in [0.1, 0.15) is 5.60 Å². The second kappa shape index (κ2) is 6.69. The molecule has 21 heavy (non-hydrogen) atoms. The van der Waals surface area contributed by atoms with Gasteiger partial charge in [-0.3, -0.25) is 9.59 Å². The molecule has 3 N–H and O–H groups in total. The van der Waals surface area contributed by atoms with Crippen molar-refractivity contribution in [1.29, 1.82) is 0 Å². The molecule has 6 nitrogen and oxygen atoms in total. The molecule has 1 aliphatic heterocycles. The number of carbonyl (C=O) groups is 2. The summed E-state index contributed by atoms with van der Waals surface area (Å²) in [6.07, 6.45) is 1.36. The van der Waals surface area contributed by atoms with Crippen molar-refractivity contribution in [2.45, 2.75) is 25.4 Å². The highest BCUT2D eigenvalue weighted by Crippen LogP contribution is 2.16. The van der Waals surface area contributed by atoms with Crippen molar-refractivity contribution in [2.24, 2.45) is 0 Å². The lowest BCUT2D eigenvalue weighted by Crippen LogP contribution is -2.46. The molecule has 0 radical (unpaired) electrons. The maximum absolute atomic E-state index is 11.7. The van der Waals surface area contributed by atoms with Crippen LogP contribution >= 0.6 is 0 Å². The fraction of sp³-hybridized carbons (Fsp3) is 0.467. The van der Waals surface area contributed by atoms with Gasteiger partial charge < -0.3 is 20.5 Å². The largest absolute Gasteiger partial charge is 0.386 e. The fourth-order valence-electron chi connectivity index (χ4n) is 2.07. The third kappa shape index (κ3) is 4.27. The number of rotatable bonds is 4. The number of aliphatic hydroxyl groups is 1. The van der Waals surface area contributed by atoms with E-state index < -0.39 is 17.4 Å². The minimum atomic E-state index is -1.07. The summed E-state index contributed by atoms with van der Waals surface area (Å²) in [6, 6.07) is 7.29. The highest BCUT2D eigenvalue weighted by Gasteiger charge is 2.33. The molecular formula is C15H20N2O4. The summed E-state index contributed by atoms with van der Waals surface area (Å²) in [7, 11) is 0. The van der Waals surface area contributed by atoms with Crippen LogP contribution in [0.1, 0.15) is 18.9 Å². The summed E-state index contributed by atoms with van der Waals surface area (Å²) in [6.45, 7) is 2.68. The molecule has 0 unspecified atom stereocenters. The van der Waals surface area contributed by atoms with Gasteiger partial charge in [-0.25, -0.2) is 0 Å². The number of nitrogens with one attached hydrogen (secondary N) is 2. The topological polar surface area (TPSA) is 87.7 Å². The van der Waals surface area contributed by atoms with Crippen LogP contribution in [0.4, 0.5) is 5.69 Å². The van der Waals surface area contributed by atoms with Gasteiger partial charge in [0.25, 0.3) is 0 Å². The molecule has 1 atom stereocenters. The van der Waals surface area contributed by atoms with Gasteiger partial charge in [-0.2, -0.15) is 0 Å². The number of benzene rings is 1. The van der Waals surface area contributed by atoms with Gasteiger partial charge in [0.15, 0.2) is 0 Å². The second-order valence-electron chi connectivity index (χ2n) is 5.21. The molecule has 1 aliphatic rings. The molecule has 1 saturated heterocycles. The van der Waals surface area contributed by atoms with E-state index in [1.165, 1.54) is 0 Å². The Hall–Kier alpha value is -1.92. The Morgan fingerprint density at radius 3 is 2.57 bits per heavy atom. The number of ether oxygens (including phenoxy) is 1. The van der Waals surface area contributed by atoms with Gasteiger partial charge in [-0.15, -0.1) is 0 Å². The molecule has 1 fully saturated rings. The molecule has 1 aromatic rings. The molecule has 2 rings (SSSR count). The molecule has 0 aromatic heterocycles. The van der Waals surface area contributed by atoms with Gasteiger partial charge >= 0.3 is 11.8 Å². The van der Waals surface area contributed by atoms with Crippen LogP contribution in [0.5, 0.6) is 0 Å². The predicted molar refractivity (Wildman–Crippen MR) is 77.8 cm³/mol. The predicted octanol–water partition coefficient (Wildman–Crippen LogP) is 0.455. The van der Waals surface area contributed by atoms with Gasteiger partial charge in [-0.1, -0.05) is 19.1 Å². The minimum Gasteiger partial charge on any atom is -0.386 e. The van der Waals surface area contributed by atoms with Crippen molar-refractivity contribution in [3.05, 3.63) is 29.8 Å². The summed E-state index contributed by atoms with van der Waals surface area (Å²) in [4.78, 5) is 23.4. The average molecular weight is 292 g/mol. The van der Waals surface area contributed by atoms with E-state index in [1.54, 1.807) is 12.1 Å². The molecule has 2 amide bonds. The lowest BCUT2D eigenvalue weighted by atomic mass is 10.0. The van der Waals surface area contributed by atoms with E-state index in [0.717, 1.165) is 12.0 Å². The van der Waals surface area contributed by atoms with Crippen LogP contribution in [0, 0.1) is 0 Å². The summed E-state index contributed by atoms with van der Waals surface area (Å²) < 4.78 is 5.07. The van der Waals surface area contributed by atoms with Crippen molar-refractivity contribution in [3.63, 3.8) is 0 Å². The van der Waals surface area contributed by atoms with Gasteiger partial charge in [-0.05, 0) is 24.1 Å². The van der Waals surface area contributed by atoms with E-state index in [1.807, 2.05) is 19.1 Å². The zero-order valence-corrected chi connectivity index (χ0v) is 12.0. The highest BCUT2D eigenvalue weighted by atomic mass is 16.5. The molecule has 1 aromatic carbocycles. The number of hydrogen-bond donors (Lipinski definition) is 3. The van der Waals surface area contributed by atoms with Crippen LogP contribution in [-0.4, -0.2) is 42.3 Å². The van der Waals surface area contributed by atoms with Crippen LogP contribution < -0.4 is 10.6 Å². The second-order valence-corrected chi connectivity index (χ2v) is 5.21. The van der Waals surface area contributed by atoms with E-state index >= 15 is 0 Å². The number of amides is 2. The van der Waals surface area contributed by atoms with E-state index in [0.29, 0.717) is 18.7 Å². The van der Waals surface area contributed by atoms with E-state index in [-0.39, 0.29) is 13.2 Å². The van der Waals surface area contributed by atoms with Crippen molar-refractivity contribution in [3.8, 4) is 0 Å². The Morgan fingerprint density at radius 2 is 2.00 bits per heavy atom. The summed E-state index contributed by atoms with van der Waals surface area (Å²) in [5, 5.41) is 14.9. The lowest BCUT2D eigenvalue weighted by molar-refractivity contribution is -0.136. The van der Waals surface area contributed by atoms with Crippen LogP contribution in [-0.2, 0) is 20.7 Å². The fourth-order valence-corrected chi connectivity index (χ4v) is 2.07. The lowest BCUT2D eigenvalue weighted by Gasteiger charge is -2.20. The average Bonchev–Trinajstić information content (AvgIpc) is 2.93. The van der Waals surface area contributed by atoms with Crippen molar-refractivity contribution >= 4 is 17.5 Å². The Balaban J connectivity index is 1.82. The van der Waals surface area contributed by atoms with Crippen LogP contribution in [0.15, 0.2) is 24.3 Å². The van der Waals surface area contributed by atoms with E-state index in [4.69, 9.17) is 4.74 Å². The van der Waals surface area contributed by atoms with E-state index in [9.17, 15) is 14.7 Å². The minimum absolute atomic E-state index is 0.00796. The van der Waals surface area contributed by atoms with Gasteiger partial charge in [0.2, 0.25) is 0 Å². The smallest absolute Gasteiger partial charge is 0.313 e.